The third kappa shape index (κ3) is 3.68. The smallest absolute Gasteiger partial charge is 0.407 e. The van der Waals surface area contributed by atoms with Crippen LogP contribution in [-0.2, 0) is 10.3 Å². The lowest BCUT2D eigenvalue weighted by molar-refractivity contribution is 0.101. The van der Waals surface area contributed by atoms with Gasteiger partial charge in [-0.3, -0.25) is 0 Å². The molecule has 0 bridgehead atoms. The van der Waals surface area contributed by atoms with E-state index in [9.17, 15) is 4.79 Å². The van der Waals surface area contributed by atoms with Crippen LogP contribution in [-0.4, -0.2) is 28.5 Å². The van der Waals surface area contributed by atoms with Gasteiger partial charge in [0.25, 0.3) is 0 Å². The molecule has 6 heteroatoms. The molecule has 0 saturated heterocycles. The molecule has 118 valence electrons. The Kier molecular flexibility index (Phi) is 4.44. The lowest BCUT2D eigenvalue weighted by atomic mass is 10.0. The summed E-state index contributed by atoms with van der Waals surface area (Å²) in [5, 5.41) is 7.31. The predicted octanol–water partition coefficient (Wildman–Crippen LogP) is 2.60. The minimum atomic E-state index is -0.331. The average molecular weight is 294 g/mol. The van der Waals surface area contributed by atoms with Crippen LogP contribution in [0.1, 0.15) is 58.6 Å². The zero-order valence-corrected chi connectivity index (χ0v) is 13.3. The molecule has 1 aliphatic rings. The molecule has 21 heavy (non-hydrogen) atoms. The summed E-state index contributed by atoms with van der Waals surface area (Å²) in [7, 11) is 0. The van der Waals surface area contributed by atoms with E-state index < -0.39 is 0 Å². The number of rotatable bonds is 3. The van der Waals surface area contributed by atoms with E-state index >= 15 is 0 Å². The molecule has 2 rings (SSSR count). The van der Waals surface area contributed by atoms with Crippen molar-refractivity contribution in [3.63, 3.8) is 0 Å². The second-order valence-corrected chi connectivity index (χ2v) is 6.64. The van der Waals surface area contributed by atoms with Crippen LogP contribution in [0.4, 0.5) is 10.6 Å². The van der Waals surface area contributed by atoms with E-state index in [1.54, 1.807) is 0 Å². The fraction of sp³-hybridized carbons (Fsp3) is 0.733. The molecule has 2 atom stereocenters. The summed E-state index contributed by atoms with van der Waals surface area (Å²) < 4.78 is 7.25. The Balaban J connectivity index is 2.00. The summed E-state index contributed by atoms with van der Waals surface area (Å²) in [5.41, 5.74) is 6.93. The van der Waals surface area contributed by atoms with Gasteiger partial charge in [0.1, 0.15) is 11.9 Å². The summed E-state index contributed by atoms with van der Waals surface area (Å²) in [6.45, 7) is 8.70. The van der Waals surface area contributed by atoms with E-state index in [2.05, 4.69) is 31.2 Å². The molecule has 1 aliphatic carbocycles. The topological polar surface area (TPSA) is 82.2 Å². The average Bonchev–Trinajstić information content (AvgIpc) is 2.95. The zero-order valence-electron chi connectivity index (χ0n) is 13.3. The van der Waals surface area contributed by atoms with Crippen LogP contribution in [0.15, 0.2) is 6.07 Å². The van der Waals surface area contributed by atoms with Gasteiger partial charge in [-0.1, -0.05) is 0 Å². The highest BCUT2D eigenvalue weighted by Gasteiger charge is 2.31. The predicted molar refractivity (Wildman–Crippen MR) is 82.2 cm³/mol. The van der Waals surface area contributed by atoms with E-state index in [1.807, 2.05) is 17.7 Å². The maximum Gasteiger partial charge on any atom is 0.407 e. The fourth-order valence-corrected chi connectivity index (χ4v) is 2.80. The summed E-state index contributed by atoms with van der Waals surface area (Å²) in [4.78, 5) is 11.5. The van der Waals surface area contributed by atoms with Crippen molar-refractivity contribution in [3.05, 3.63) is 11.8 Å². The summed E-state index contributed by atoms with van der Waals surface area (Å²) in [6.07, 6.45) is 2.32. The number of carbonyl (C=O) groups is 1. The Bertz CT molecular complexity index is 504. The summed E-state index contributed by atoms with van der Waals surface area (Å²) in [6, 6.07) is 1.95. The summed E-state index contributed by atoms with van der Waals surface area (Å²) in [5.74, 6) is 1.00. The normalized spacial score (nSPS) is 22.3. The number of anilines is 1. The van der Waals surface area contributed by atoms with Gasteiger partial charge in [-0.15, -0.1) is 0 Å². The number of ether oxygens (including phenoxy) is 1. The van der Waals surface area contributed by atoms with Crippen molar-refractivity contribution in [1.82, 2.24) is 15.1 Å². The van der Waals surface area contributed by atoms with Crippen LogP contribution in [0.25, 0.3) is 0 Å². The summed E-state index contributed by atoms with van der Waals surface area (Å²) >= 11 is 0. The Morgan fingerprint density at radius 2 is 2.24 bits per heavy atom. The van der Waals surface area contributed by atoms with E-state index in [0.717, 1.165) is 25.0 Å². The minimum Gasteiger partial charge on any atom is -0.446 e. The number of nitrogens with zero attached hydrogens (tertiary/aromatic N) is 2. The number of amides is 1. The van der Waals surface area contributed by atoms with Crippen LogP contribution in [0, 0.1) is 0 Å². The first-order chi connectivity index (χ1) is 9.81. The van der Waals surface area contributed by atoms with Gasteiger partial charge in [-0.2, -0.15) is 5.10 Å². The first-order valence-electron chi connectivity index (χ1n) is 7.61. The molecule has 0 aromatic carbocycles. The van der Waals surface area contributed by atoms with Gasteiger partial charge >= 0.3 is 6.09 Å². The number of carbonyl (C=O) groups excluding carboxylic acids is 1. The van der Waals surface area contributed by atoms with Gasteiger partial charge in [0.05, 0.1) is 11.2 Å². The number of nitrogens with two attached hydrogens (primary N) is 1. The molecule has 1 heterocycles. The molecule has 3 N–H and O–H groups in total. The van der Waals surface area contributed by atoms with Gasteiger partial charge < -0.3 is 15.8 Å². The van der Waals surface area contributed by atoms with Crippen LogP contribution in [0.5, 0.6) is 0 Å². The number of aromatic nitrogens is 2. The Hall–Kier alpha value is -1.72. The monoisotopic (exact) mass is 294 g/mol. The van der Waals surface area contributed by atoms with Crippen molar-refractivity contribution < 1.29 is 9.53 Å². The molecule has 1 aromatic heterocycles. The molecule has 0 unspecified atom stereocenters. The van der Waals surface area contributed by atoms with Crippen LogP contribution >= 0.6 is 0 Å². The van der Waals surface area contributed by atoms with Crippen molar-refractivity contribution in [1.29, 1.82) is 0 Å². The highest BCUT2D eigenvalue weighted by atomic mass is 16.6. The van der Waals surface area contributed by atoms with E-state index in [4.69, 9.17) is 10.5 Å². The number of nitrogens with one attached hydrogen (secondary N) is 1. The quantitative estimate of drug-likeness (QED) is 0.897. The van der Waals surface area contributed by atoms with Crippen molar-refractivity contribution >= 4 is 11.9 Å². The molecule has 6 nitrogen and oxygen atoms in total. The van der Waals surface area contributed by atoms with Gasteiger partial charge in [0.15, 0.2) is 0 Å². The fourth-order valence-electron chi connectivity index (χ4n) is 2.80. The second kappa shape index (κ2) is 5.95. The highest BCUT2D eigenvalue weighted by Crippen LogP contribution is 2.36. The first kappa shape index (κ1) is 15.7. The minimum absolute atomic E-state index is 0.0254. The zero-order chi connectivity index (χ0) is 15.6. The van der Waals surface area contributed by atoms with Gasteiger partial charge in [-0.25, -0.2) is 9.48 Å². The molecule has 1 aromatic rings. The van der Waals surface area contributed by atoms with Gasteiger partial charge in [0, 0.05) is 18.5 Å². The third-order valence-electron chi connectivity index (χ3n) is 3.79. The van der Waals surface area contributed by atoms with E-state index in [1.165, 1.54) is 0 Å². The Morgan fingerprint density at radius 3 is 2.81 bits per heavy atom. The van der Waals surface area contributed by atoms with Gasteiger partial charge in [0.2, 0.25) is 0 Å². The standard InChI is InChI=1S/C15H26N4O2/c1-5-17-14(20)21-11-7-6-10(8-11)12-9-13(16)19(18-12)15(2,3)4/h9-11H,5-8,16H2,1-4H3,(H,17,20)/t10-,11+/m1/s1. The highest BCUT2D eigenvalue weighted by molar-refractivity contribution is 5.67. The Labute approximate surface area is 126 Å². The number of hydrogen-bond acceptors (Lipinski definition) is 4. The third-order valence-corrected chi connectivity index (χ3v) is 3.79. The van der Waals surface area contributed by atoms with Crippen molar-refractivity contribution in [2.75, 3.05) is 12.3 Å². The number of hydrogen-bond donors (Lipinski definition) is 2. The molecule has 1 amide bonds. The van der Waals surface area contributed by atoms with Crippen molar-refractivity contribution in [2.45, 2.75) is 64.5 Å². The maximum absolute atomic E-state index is 11.5. The number of alkyl carbamates (subject to hydrolysis) is 1. The SMILES string of the molecule is CCNC(=O)O[C@H]1CC[C@@H](c2cc(N)n(C(C)(C)C)n2)C1. The lowest BCUT2D eigenvalue weighted by Gasteiger charge is -2.20. The van der Waals surface area contributed by atoms with E-state index in [-0.39, 0.29) is 17.7 Å². The van der Waals surface area contributed by atoms with Crippen LogP contribution < -0.4 is 11.1 Å². The maximum atomic E-state index is 11.5. The lowest BCUT2D eigenvalue weighted by Crippen LogP contribution is -2.27. The second-order valence-electron chi connectivity index (χ2n) is 6.64. The van der Waals surface area contributed by atoms with Crippen molar-refractivity contribution in [2.24, 2.45) is 0 Å². The molecule has 0 spiro atoms. The molecule has 1 fully saturated rings. The molecule has 0 aliphatic heterocycles. The number of nitrogen functional groups attached to an aromatic ring is 1. The largest absolute Gasteiger partial charge is 0.446 e. The first-order valence-corrected chi connectivity index (χ1v) is 7.61. The molecular formula is C15H26N4O2. The van der Waals surface area contributed by atoms with Crippen molar-refractivity contribution in [3.8, 4) is 0 Å². The molecule has 0 radical (unpaired) electrons. The van der Waals surface area contributed by atoms with Gasteiger partial charge in [-0.05, 0) is 47.0 Å². The molecule has 1 saturated carbocycles. The van der Waals surface area contributed by atoms with Crippen LogP contribution in [0.2, 0.25) is 0 Å². The molecular weight excluding hydrogens is 268 g/mol. The van der Waals surface area contributed by atoms with Crippen LogP contribution in [0.3, 0.4) is 0 Å². The Morgan fingerprint density at radius 1 is 1.52 bits per heavy atom. The van der Waals surface area contributed by atoms with E-state index in [0.29, 0.717) is 18.3 Å².